The van der Waals surface area contributed by atoms with Crippen LogP contribution in [0.1, 0.15) is 68.4 Å². The smallest absolute Gasteiger partial charge is 0.270 e. The van der Waals surface area contributed by atoms with Gasteiger partial charge in [-0.05, 0) is 55.4 Å². The van der Waals surface area contributed by atoms with Crippen molar-refractivity contribution < 1.29 is 9.59 Å². The summed E-state index contributed by atoms with van der Waals surface area (Å²) in [6.45, 7) is 4.72. The molecule has 2 aliphatic rings. The fourth-order valence-corrected chi connectivity index (χ4v) is 5.16. The van der Waals surface area contributed by atoms with Gasteiger partial charge >= 0.3 is 0 Å². The molecule has 33 heavy (non-hydrogen) atoms. The van der Waals surface area contributed by atoms with E-state index in [-0.39, 0.29) is 17.7 Å². The third-order valence-corrected chi connectivity index (χ3v) is 7.02. The third kappa shape index (κ3) is 4.64. The summed E-state index contributed by atoms with van der Waals surface area (Å²) in [5, 5.41) is 0. The van der Waals surface area contributed by atoms with Crippen molar-refractivity contribution in [1.82, 2.24) is 14.8 Å². The number of hydrogen-bond donors (Lipinski definition) is 1. The van der Waals surface area contributed by atoms with Crippen LogP contribution in [0, 0.1) is 6.92 Å². The molecule has 5 heteroatoms. The van der Waals surface area contributed by atoms with Gasteiger partial charge in [-0.15, -0.1) is 0 Å². The maximum absolute atomic E-state index is 13.3. The fourth-order valence-electron chi connectivity index (χ4n) is 5.16. The van der Waals surface area contributed by atoms with Gasteiger partial charge in [-0.1, -0.05) is 54.1 Å². The molecule has 5 rings (SSSR count). The van der Waals surface area contributed by atoms with Gasteiger partial charge in [0.2, 0.25) is 0 Å². The first-order valence-electron chi connectivity index (χ1n) is 12.0. The van der Waals surface area contributed by atoms with Crippen LogP contribution < -0.4 is 0 Å². The quantitative estimate of drug-likeness (QED) is 0.529. The van der Waals surface area contributed by atoms with E-state index in [1.165, 1.54) is 22.3 Å². The zero-order chi connectivity index (χ0) is 22.8. The molecule has 170 valence electrons. The zero-order valence-corrected chi connectivity index (χ0v) is 19.2. The molecule has 0 radical (unpaired) electrons. The highest BCUT2D eigenvalue weighted by molar-refractivity contribution is 6.01. The predicted molar refractivity (Wildman–Crippen MR) is 129 cm³/mol. The largest absolute Gasteiger partial charge is 0.356 e. The molecule has 2 heterocycles. The van der Waals surface area contributed by atoms with Crippen molar-refractivity contribution in [3.05, 3.63) is 94.3 Å². The van der Waals surface area contributed by atoms with Crippen LogP contribution in [-0.4, -0.2) is 46.1 Å². The summed E-state index contributed by atoms with van der Waals surface area (Å²) in [6.07, 6.45) is 5.85. The normalized spacial score (nSPS) is 17.5. The molecule has 0 saturated carbocycles. The van der Waals surface area contributed by atoms with Gasteiger partial charge in [0.15, 0.2) is 5.78 Å². The second-order valence-corrected chi connectivity index (χ2v) is 9.37. The Labute approximate surface area is 195 Å². The van der Waals surface area contributed by atoms with E-state index in [0.29, 0.717) is 17.8 Å². The number of hydrogen-bond acceptors (Lipinski definition) is 3. The van der Waals surface area contributed by atoms with Gasteiger partial charge in [-0.2, -0.15) is 0 Å². The van der Waals surface area contributed by atoms with E-state index in [2.05, 4.69) is 65.3 Å². The lowest BCUT2D eigenvalue weighted by molar-refractivity contribution is 0.0787. The number of carbonyl (C=O) groups excluding carboxylic acids is 2. The summed E-state index contributed by atoms with van der Waals surface area (Å²) in [5.41, 5.74) is 6.24. The molecule has 1 fully saturated rings. The van der Waals surface area contributed by atoms with Crippen molar-refractivity contribution in [3.8, 4) is 0 Å². The number of likely N-dealkylation sites (tertiary alicyclic amines) is 1. The van der Waals surface area contributed by atoms with E-state index in [0.717, 1.165) is 45.3 Å². The summed E-state index contributed by atoms with van der Waals surface area (Å²) in [4.78, 5) is 33.2. The topological polar surface area (TPSA) is 56.4 Å². The predicted octanol–water partition coefficient (Wildman–Crippen LogP) is 4.93. The molecule has 0 spiro atoms. The molecular weight excluding hydrogens is 410 g/mol. The molecule has 1 aromatic heterocycles. The summed E-state index contributed by atoms with van der Waals surface area (Å²) in [6, 6.07) is 19.1. The molecule has 1 N–H and O–H groups in total. The number of Topliss-reactive ketones (excluding diaryl/α,β-unsaturated/α-hetero) is 1. The molecule has 1 aliphatic carbocycles. The van der Waals surface area contributed by atoms with Gasteiger partial charge in [0.05, 0.1) is 6.54 Å². The molecule has 1 atom stereocenters. The Morgan fingerprint density at radius 1 is 1.06 bits per heavy atom. The van der Waals surface area contributed by atoms with Crippen molar-refractivity contribution in [2.24, 2.45) is 0 Å². The number of aromatic nitrogens is 1. The molecule has 2 aromatic carbocycles. The highest BCUT2D eigenvalue weighted by atomic mass is 16.2. The van der Waals surface area contributed by atoms with Gasteiger partial charge in [0.25, 0.3) is 5.91 Å². The number of nitrogens with zero attached hydrogens (tertiary/aromatic N) is 2. The maximum atomic E-state index is 13.3. The maximum Gasteiger partial charge on any atom is 0.270 e. The van der Waals surface area contributed by atoms with E-state index in [9.17, 15) is 9.59 Å². The van der Waals surface area contributed by atoms with Crippen LogP contribution in [0.4, 0.5) is 0 Å². The second kappa shape index (κ2) is 9.36. The lowest BCUT2D eigenvalue weighted by atomic mass is 10.0. The molecule has 1 amide bonds. The first kappa shape index (κ1) is 21.7. The number of carbonyl (C=O) groups is 2. The molecule has 3 aromatic rings. The minimum absolute atomic E-state index is 0.00668. The number of fused-ring (bicyclic) bond motifs is 1. The summed E-state index contributed by atoms with van der Waals surface area (Å²) in [7, 11) is 0. The lowest BCUT2D eigenvalue weighted by Gasteiger charge is -2.29. The van der Waals surface area contributed by atoms with Crippen LogP contribution in [0.25, 0.3) is 0 Å². The Balaban J connectivity index is 1.36. The molecule has 1 unspecified atom stereocenters. The van der Waals surface area contributed by atoms with E-state index < -0.39 is 0 Å². The number of aromatic amines is 1. The van der Waals surface area contributed by atoms with Crippen LogP contribution >= 0.6 is 0 Å². The molecule has 1 saturated heterocycles. The number of ketones is 1. The van der Waals surface area contributed by atoms with Crippen LogP contribution in [0.5, 0.6) is 0 Å². The van der Waals surface area contributed by atoms with Crippen molar-refractivity contribution in [3.63, 3.8) is 0 Å². The minimum atomic E-state index is -0.00668. The van der Waals surface area contributed by atoms with Crippen LogP contribution in [0.2, 0.25) is 0 Å². The van der Waals surface area contributed by atoms with Gasteiger partial charge in [-0.3, -0.25) is 14.5 Å². The Morgan fingerprint density at radius 3 is 2.61 bits per heavy atom. The molecule has 0 bridgehead atoms. The number of amides is 1. The van der Waals surface area contributed by atoms with Crippen molar-refractivity contribution >= 4 is 11.7 Å². The van der Waals surface area contributed by atoms with E-state index in [1.54, 1.807) is 12.3 Å². The monoisotopic (exact) mass is 441 g/mol. The average Bonchev–Trinajstić information content (AvgIpc) is 3.60. The Hall–Kier alpha value is -3.18. The SMILES string of the molecule is Cc1ccc(CN(CC(=O)c2c[nH]c(C(=O)N3CCCC3)c2)C2CCc3ccccc32)cc1. The Bertz CT molecular complexity index is 1140. The fraction of sp³-hybridized carbons (Fsp3) is 0.357. The number of H-pyrrole nitrogens is 1. The van der Waals surface area contributed by atoms with E-state index in [1.807, 2.05) is 4.90 Å². The number of aryl methyl sites for hydroxylation is 2. The van der Waals surface area contributed by atoms with Crippen molar-refractivity contribution in [2.75, 3.05) is 19.6 Å². The van der Waals surface area contributed by atoms with Crippen LogP contribution in [0.3, 0.4) is 0 Å². The molecule has 5 nitrogen and oxygen atoms in total. The highest BCUT2D eigenvalue weighted by Gasteiger charge is 2.30. The summed E-state index contributed by atoms with van der Waals surface area (Å²) in [5.74, 6) is 0.0380. The zero-order valence-electron chi connectivity index (χ0n) is 19.2. The Kier molecular flexibility index (Phi) is 6.14. The lowest BCUT2D eigenvalue weighted by Crippen LogP contribution is -2.32. The molecule has 1 aliphatic heterocycles. The standard InChI is InChI=1S/C28H31N3O2/c1-20-8-10-21(11-9-20)18-31(26-13-12-22-6-2-3-7-24(22)26)19-27(32)23-16-25(29-17-23)28(33)30-14-4-5-15-30/h2-3,6-11,16-17,26,29H,4-5,12-15,18-19H2,1H3. The average molecular weight is 442 g/mol. The van der Waals surface area contributed by atoms with Crippen molar-refractivity contribution in [1.29, 1.82) is 0 Å². The number of nitrogens with one attached hydrogen (secondary N) is 1. The van der Waals surface area contributed by atoms with Gasteiger partial charge < -0.3 is 9.88 Å². The first-order chi connectivity index (χ1) is 16.1. The molecular formula is C28H31N3O2. The van der Waals surface area contributed by atoms with Gasteiger partial charge in [-0.25, -0.2) is 0 Å². The van der Waals surface area contributed by atoms with Gasteiger partial charge in [0.1, 0.15) is 5.69 Å². The van der Waals surface area contributed by atoms with E-state index >= 15 is 0 Å². The van der Waals surface area contributed by atoms with Gasteiger partial charge in [0, 0.05) is 37.4 Å². The third-order valence-electron chi connectivity index (χ3n) is 7.02. The number of benzene rings is 2. The minimum Gasteiger partial charge on any atom is -0.356 e. The summed E-state index contributed by atoms with van der Waals surface area (Å²) < 4.78 is 0. The highest BCUT2D eigenvalue weighted by Crippen LogP contribution is 2.36. The first-order valence-corrected chi connectivity index (χ1v) is 12.0. The Morgan fingerprint density at radius 2 is 1.82 bits per heavy atom. The summed E-state index contributed by atoms with van der Waals surface area (Å²) >= 11 is 0. The second-order valence-electron chi connectivity index (χ2n) is 9.37. The van der Waals surface area contributed by atoms with Crippen LogP contribution in [0.15, 0.2) is 60.8 Å². The number of rotatable bonds is 7. The van der Waals surface area contributed by atoms with Crippen molar-refractivity contribution in [2.45, 2.75) is 45.2 Å². The van der Waals surface area contributed by atoms with E-state index in [4.69, 9.17) is 0 Å². The van der Waals surface area contributed by atoms with Crippen LogP contribution in [-0.2, 0) is 13.0 Å².